The van der Waals surface area contributed by atoms with E-state index in [9.17, 15) is 13.2 Å². The van der Waals surface area contributed by atoms with E-state index in [-0.39, 0.29) is 10.8 Å². The molecule has 0 aliphatic carbocycles. The Labute approximate surface area is 174 Å². The third-order valence-corrected chi connectivity index (χ3v) is 6.00. The van der Waals surface area contributed by atoms with Gasteiger partial charge in [-0.3, -0.25) is 9.52 Å². The Bertz CT molecular complexity index is 1150. The fourth-order valence-electron chi connectivity index (χ4n) is 2.62. The molecule has 0 fully saturated rings. The summed E-state index contributed by atoms with van der Waals surface area (Å²) in [6, 6.07) is 17.6. The summed E-state index contributed by atoms with van der Waals surface area (Å²) in [6.45, 7) is 1.83. The monoisotopic (exact) mass is 430 g/mol. The van der Waals surface area contributed by atoms with Crippen molar-refractivity contribution in [2.24, 2.45) is 0 Å². The molecule has 3 aromatic rings. The maximum Gasteiger partial charge on any atom is 0.261 e. The van der Waals surface area contributed by atoms with Crippen LogP contribution in [-0.4, -0.2) is 21.4 Å². The molecule has 3 rings (SSSR count). The number of anilines is 2. The van der Waals surface area contributed by atoms with Gasteiger partial charge in [-0.05, 0) is 61.0 Å². The third-order valence-electron chi connectivity index (χ3n) is 4.20. The zero-order valence-electron chi connectivity index (χ0n) is 15.8. The van der Waals surface area contributed by atoms with E-state index in [1.54, 1.807) is 42.5 Å². The first kappa shape index (κ1) is 20.7. The van der Waals surface area contributed by atoms with E-state index in [2.05, 4.69) is 10.0 Å². The lowest BCUT2D eigenvalue weighted by Crippen LogP contribution is -2.14. The molecule has 8 heteroatoms. The van der Waals surface area contributed by atoms with Crippen molar-refractivity contribution in [3.63, 3.8) is 0 Å². The maximum absolute atomic E-state index is 12.6. The summed E-state index contributed by atoms with van der Waals surface area (Å²) in [4.78, 5) is 12.5. The zero-order valence-corrected chi connectivity index (χ0v) is 17.3. The predicted octanol–water partition coefficient (Wildman–Crippen LogP) is 4.71. The summed E-state index contributed by atoms with van der Waals surface area (Å²) in [6.07, 6.45) is 0. The molecular formula is C21H19ClN2O4S. The van der Waals surface area contributed by atoms with Gasteiger partial charge >= 0.3 is 0 Å². The average molecular weight is 431 g/mol. The minimum absolute atomic E-state index is 0.0597. The smallest absolute Gasteiger partial charge is 0.261 e. The first-order valence-electron chi connectivity index (χ1n) is 8.63. The highest BCUT2D eigenvalue weighted by Crippen LogP contribution is 2.24. The molecular weight excluding hydrogens is 412 g/mol. The van der Waals surface area contributed by atoms with Crippen LogP contribution in [0, 0.1) is 6.92 Å². The molecule has 29 heavy (non-hydrogen) atoms. The number of rotatable bonds is 6. The lowest BCUT2D eigenvalue weighted by Gasteiger charge is -2.11. The highest BCUT2D eigenvalue weighted by Gasteiger charge is 2.16. The Hall–Kier alpha value is -3.03. The van der Waals surface area contributed by atoms with Gasteiger partial charge in [-0.15, -0.1) is 0 Å². The van der Waals surface area contributed by atoms with Crippen LogP contribution < -0.4 is 14.8 Å². The largest absolute Gasteiger partial charge is 0.496 e. The quantitative estimate of drug-likeness (QED) is 0.593. The number of hydrogen-bond donors (Lipinski definition) is 2. The molecule has 0 radical (unpaired) electrons. The molecule has 0 bridgehead atoms. The van der Waals surface area contributed by atoms with E-state index in [1.165, 1.54) is 31.4 Å². The molecule has 0 spiro atoms. The van der Waals surface area contributed by atoms with Crippen molar-refractivity contribution in [2.45, 2.75) is 11.8 Å². The number of amides is 1. The number of carbonyl (C=O) groups excluding carboxylic acids is 1. The number of aryl methyl sites for hydroxylation is 1. The van der Waals surface area contributed by atoms with E-state index in [0.717, 1.165) is 5.56 Å². The molecule has 150 valence electrons. The van der Waals surface area contributed by atoms with E-state index in [4.69, 9.17) is 16.3 Å². The van der Waals surface area contributed by atoms with Crippen LogP contribution in [0.2, 0.25) is 5.02 Å². The lowest BCUT2D eigenvalue weighted by molar-refractivity contribution is 0.102. The molecule has 0 aromatic heterocycles. The first-order valence-corrected chi connectivity index (χ1v) is 10.5. The van der Waals surface area contributed by atoms with Gasteiger partial charge in [-0.1, -0.05) is 29.8 Å². The number of methoxy groups -OCH3 is 1. The standard InChI is InChI=1S/C21H19ClN2O4S/c1-14-7-8-16(13-19(14)22)24-29(26,27)17-11-9-15(10-12-17)23-21(25)18-5-3-4-6-20(18)28-2/h3-13,24H,1-2H3,(H,23,25). The number of nitrogens with one attached hydrogen (secondary N) is 2. The zero-order chi connectivity index (χ0) is 21.0. The number of para-hydroxylation sites is 1. The fraction of sp³-hybridized carbons (Fsp3) is 0.0952. The van der Waals surface area contributed by atoms with Gasteiger partial charge in [0.1, 0.15) is 5.75 Å². The van der Waals surface area contributed by atoms with Crippen LogP contribution in [0.15, 0.2) is 71.6 Å². The predicted molar refractivity (Wildman–Crippen MR) is 114 cm³/mol. The summed E-state index contributed by atoms with van der Waals surface area (Å²) in [5.41, 5.74) is 2.06. The molecule has 0 saturated heterocycles. The van der Waals surface area contributed by atoms with Crippen molar-refractivity contribution in [3.05, 3.63) is 82.9 Å². The normalized spacial score (nSPS) is 11.0. The second-order valence-electron chi connectivity index (χ2n) is 6.25. The van der Waals surface area contributed by atoms with Gasteiger partial charge in [0.25, 0.3) is 15.9 Å². The van der Waals surface area contributed by atoms with Crippen molar-refractivity contribution in [1.29, 1.82) is 0 Å². The second-order valence-corrected chi connectivity index (χ2v) is 8.34. The molecule has 0 heterocycles. The number of hydrogen-bond acceptors (Lipinski definition) is 4. The van der Waals surface area contributed by atoms with Crippen molar-refractivity contribution >= 4 is 38.9 Å². The Kier molecular flexibility index (Phi) is 6.10. The molecule has 1 amide bonds. The van der Waals surface area contributed by atoms with Gasteiger partial charge in [0.2, 0.25) is 0 Å². The van der Waals surface area contributed by atoms with Crippen molar-refractivity contribution in [2.75, 3.05) is 17.1 Å². The molecule has 0 aliphatic rings. The second kappa shape index (κ2) is 8.55. The summed E-state index contributed by atoms with van der Waals surface area (Å²) >= 11 is 6.05. The Morgan fingerprint density at radius 2 is 1.62 bits per heavy atom. The van der Waals surface area contributed by atoms with Gasteiger partial charge in [0, 0.05) is 10.7 Å². The topological polar surface area (TPSA) is 84.5 Å². The maximum atomic E-state index is 12.6. The Balaban J connectivity index is 1.75. The third kappa shape index (κ3) is 4.88. The number of benzene rings is 3. The molecule has 0 aliphatic heterocycles. The molecule has 3 aromatic carbocycles. The summed E-state index contributed by atoms with van der Waals surface area (Å²) < 4.78 is 32.8. The van der Waals surface area contributed by atoms with Gasteiger partial charge in [0.05, 0.1) is 23.3 Å². The van der Waals surface area contributed by atoms with E-state index < -0.39 is 10.0 Å². The summed E-state index contributed by atoms with van der Waals surface area (Å²) in [5.74, 6) is 0.0932. The van der Waals surface area contributed by atoms with Gasteiger partial charge in [-0.25, -0.2) is 8.42 Å². The SMILES string of the molecule is COc1ccccc1C(=O)Nc1ccc(S(=O)(=O)Nc2ccc(C)c(Cl)c2)cc1. The van der Waals surface area contributed by atoms with Crippen molar-refractivity contribution < 1.29 is 17.9 Å². The summed E-state index contributed by atoms with van der Waals surface area (Å²) in [5, 5.41) is 3.20. The van der Waals surface area contributed by atoms with Crippen LogP contribution in [0.5, 0.6) is 5.75 Å². The van der Waals surface area contributed by atoms with Crippen LogP contribution >= 0.6 is 11.6 Å². The number of carbonyl (C=O) groups is 1. The number of ether oxygens (including phenoxy) is 1. The van der Waals surface area contributed by atoms with Crippen LogP contribution in [-0.2, 0) is 10.0 Å². The number of halogens is 1. The minimum Gasteiger partial charge on any atom is -0.496 e. The van der Waals surface area contributed by atoms with Gasteiger partial charge < -0.3 is 10.1 Å². The Morgan fingerprint density at radius 3 is 2.28 bits per heavy atom. The van der Waals surface area contributed by atoms with E-state index in [1.807, 2.05) is 6.92 Å². The van der Waals surface area contributed by atoms with Gasteiger partial charge in [-0.2, -0.15) is 0 Å². The molecule has 0 unspecified atom stereocenters. The van der Waals surface area contributed by atoms with Crippen LogP contribution in [0.1, 0.15) is 15.9 Å². The van der Waals surface area contributed by atoms with E-state index >= 15 is 0 Å². The van der Waals surface area contributed by atoms with Crippen molar-refractivity contribution in [1.82, 2.24) is 0 Å². The fourth-order valence-corrected chi connectivity index (χ4v) is 3.85. The minimum atomic E-state index is -3.79. The summed E-state index contributed by atoms with van der Waals surface area (Å²) in [7, 11) is -2.31. The number of sulfonamides is 1. The highest BCUT2D eigenvalue weighted by atomic mass is 35.5. The van der Waals surface area contributed by atoms with Crippen LogP contribution in [0.4, 0.5) is 11.4 Å². The Morgan fingerprint density at radius 1 is 0.966 bits per heavy atom. The first-order chi connectivity index (χ1) is 13.8. The van der Waals surface area contributed by atoms with E-state index in [0.29, 0.717) is 27.7 Å². The highest BCUT2D eigenvalue weighted by molar-refractivity contribution is 7.92. The van der Waals surface area contributed by atoms with Crippen molar-refractivity contribution in [3.8, 4) is 5.75 Å². The van der Waals surface area contributed by atoms with Gasteiger partial charge in [0.15, 0.2) is 0 Å². The molecule has 2 N–H and O–H groups in total. The van der Waals surface area contributed by atoms with Crippen LogP contribution in [0.25, 0.3) is 0 Å². The lowest BCUT2D eigenvalue weighted by atomic mass is 10.2. The molecule has 0 saturated carbocycles. The molecule has 6 nitrogen and oxygen atoms in total. The average Bonchev–Trinajstić information content (AvgIpc) is 2.71. The molecule has 0 atom stereocenters. The van der Waals surface area contributed by atoms with Crippen LogP contribution in [0.3, 0.4) is 0 Å².